The van der Waals surface area contributed by atoms with Gasteiger partial charge >= 0.3 is 0 Å². The van der Waals surface area contributed by atoms with Gasteiger partial charge in [0.1, 0.15) is 23.1 Å². The van der Waals surface area contributed by atoms with Gasteiger partial charge in [0, 0.05) is 23.5 Å². The number of benzene rings is 8. The van der Waals surface area contributed by atoms with Crippen LogP contribution in [0, 0.1) is 0 Å². The van der Waals surface area contributed by atoms with Crippen molar-refractivity contribution in [2.75, 3.05) is 0 Å². The second-order valence-corrected chi connectivity index (χ2v) is 24.4. The summed E-state index contributed by atoms with van der Waals surface area (Å²) in [6.45, 7) is 32.0. The minimum atomic E-state index is -0.179. The zero-order valence-corrected chi connectivity index (χ0v) is 47.8. The second-order valence-electron chi connectivity index (χ2n) is 24.4. The van der Waals surface area contributed by atoms with Crippen molar-refractivity contribution in [2.45, 2.75) is 131 Å². The first-order chi connectivity index (χ1) is 36.7. The van der Waals surface area contributed by atoms with E-state index in [9.17, 15) is 0 Å². The molecule has 8 aromatic carbocycles. The standard InChI is InChI=1S/C72H76N4O/c1-45(2)61-23-20-24-62(46(3)4)68(61)76-66-26-19-18-25-65(66)74-70(76)56-38-58(72(12,13)14)44-60(40-56)77-59-39-55(37-57(43-59)71(9,10)11)69-73-35-36-75(69)67-63(47(5)6)41-54(42-64(67)48(7)8)53-33-31-52(32-34-53)51-29-27-50(28-30-51)49-21-16-15-17-22-49/h15-48H,1-14H3. The molecule has 0 spiro atoms. The highest BCUT2D eigenvalue weighted by atomic mass is 16.5. The Balaban J connectivity index is 1.05. The van der Waals surface area contributed by atoms with Gasteiger partial charge in [-0.1, -0.05) is 206 Å². The summed E-state index contributed by atoms with van der Waals surface area (Å²) in [7, 11) is 0. The highest BCUT2D eigenvalue weighted by Gasteiger charge is 2.27. The largest absolute Gasteiger partial charge is 0.457 e. The van der Waals surface area contributed by atoms with Gasteiger partial charge in [-0.2, -0.15) is 0 Å². The number of aromatic nitrogens is 4. The molecule has 0 unspecified atom stereocenters. The van der Waals surface area contributed by atoms with Crippen molar-refractivity contribution >= 4 is 11.0 Å². The molecule has 0 aliphatic carbocycles. The Kier molecular flexibility index (Phi) is 14.4. The van der Waals surface area contributed by atoms with Gasteiger partial charge < -0.3 is 4.74 Å². The van der Waals surface area contributed by atoms with E-state index in [1.165, 1.54) is 78.1 Å². The summed E-state index contributed by atoms with van der Waals surface area (Å²) in [5.74, 6) is 4.41. The van der Waals surface area contributed by atoms with Crippen LogP contribution >= 0.6 is 0 Å². The molecule has 0 saturated heterocycles. The van der Waals surface area contributed by atoms with Crippen molar-refractivity contribution < 1.29 is 4.74 Å². The molecule has 0 N–H and O–H groups in total. The van der Waals surface area contributed by atoms with Gasteiger partial charge in [0.15, 0.2) is 0 Å². The molecule has 10 rings (SSSR count). The predicted molar refractivity (Wildman–Crippen MR) is 326 cm³/mol. The lowest BCUT2D eigenvalue weighted by molar-refractivity contribution is 0.475. The van der Waals surface area contributed by atoms with E-state index in [1.807, 2.05) is 6.20 Å². The average Bonchev–Trinajstić information content (AvgIpc) is 4.14. The summed E-state index contributed by atoms with van der Waals surface area (Å²) >= 11 is 0. The van der Waals surface area contributed by atoms with E-state index in [0.717, 1.165) is 45.3 Å². The summed E-state index contributed by atoms with van der Waals surface area (Å²) < 4.78 is 12.0. The summed E-state index contributed by atoms with van der Waals surface area (Å²) in [5, 5.41) is 0. The van der Waals surface area contributed by atoms with Crippen LogP contribution in [0.2, 0.25) is 0 Å². The van der Waals surface area contributed by atoms with Crippen LogP contribution in [0.25, 0.3) is 78.6 Å². The predicted octanol–water partition coefficient (Wildman–Crippen LogP) is 20.4. The minimum Gasteiger partial charge on any atom is -0.457 e. The number of nitrogens with zero attached hydrogens (tertiary/aromatic N) is 4. The molecule has 77 heavy (non-hydrogen) atoms. The SMILES string of the molecule is CC(C)c1cc(-c2ccc(-c3ccc(-c4ccccc4)cc3)cc2)cc(C(C)C)c1-n1ccnc1-c1cc(Oc2cc(-c3nc4ccccc4n3-c3c(C(C)C)cccc3C(C)C)cc(C(C)(C)C)c2)cc(C(C)(C)C)c1. The van der Waals surface area contributed by atoms with Crippen LogP contribution in [0.1, 0.15) is 154 Å². The number of para-hydroxylation sites is 3. The Morgan fingerprint density at radius 3 is 1.31 bits per heavy atom. The lowest BCUT2D eigenvalue weighted by Crippen LogP contribution is -2.13. The average molecular weight is 1010 g/mol. The number of hydrogen-bond acceptors (Lipinski definition) is 3. The fourth-order valence-electron chi connectivity index (χ4n) is 10.8. The summed E-state index contributed by atoms with van der Waals surface area (Å²) in [5.41, 5.74) is 20.9. The van der Waals surface area contributed by atoms with Crippen molar-refractivity contribution in [2.24, 2.45) is 0 Å². The topological polar surface area (TPSA) is 44.9 Å². The van der Waals surface area contributed by atoms with Crippen LogP contribution in [0.15, 0.2) is 182 Å². The normalized spacial score (nSPS) is 12.2. The first kappa shape index (κ1) is 52.7. The molecule has 0 fully saturated rings. The Hall–Kier alpha value is -7.76. The van der Waals surface area contributed by atoms with Gasteiger partial charge in [0.05, 0.1) is 22.4 Å². The fraction of sp³-hybridized carbons (Fsp3) is 0.278. The van der Waals surface area contributed by atoms with Crippen LogP contribution in [0.5, 0.6) is 11.5 Å². The molecule has 0 aliphatic rings. The van der Waals surface area contributed by atoms with E-state index in [0.29, 0.717) is 11.8 Å². The maximum atomic E-state index is 7.21. The monoisotopic (exact) mass is 1010 g/mol. The molecule has 0 bridgehead atoms. The van der Waals surface area contributed by atoms with Gasteiger partial charge in [-0.15, -0.1) is 0 Å². The molecule has 0 radical (unpaired) electrons. The van der Waals surface area contributed by atoms with Crippen molar-refractivity contribution in [1.29, 1.82) is 0 Å². The van der Waals surface area contributed by atoms with Crippen molar-refractivity contribution in [3.63, 3.8) is 0 Å². The number of rotatable bonds is 13. The van der Waals surface area contributed by atoms with Crippen molar-refractivity contribution in [1.82, 2.24) is 19.1 Å². The molecule has 0 saturated carbocycles. The molecule has 2 aromatic heterocycles. The van der Waals surface area contributed by atoms with Gasteiger partial charge in [-0.25, -0.2) is 9.97 Å². The molecule has 390 valence electrons. The number of hydrogen-bond donors (Lipinski definition) is 0. The molecule has 0 aliphatic heterocycles. The number of imidazole rings is 2. The minimum absolute atomic E-state index is 0.176. The van der Waals surface area contributed by atoms with Crippen LogP contribution in [0.3, 0.4) is 0 Å². The fourth-order valence-corrected chi connectivity index (χ4v) is 10.8. The van der Waals surface area contributed by atoms with E-state index < -0.39 is 0 Å². The lowest BCUT2D eigenvalue weighted by atomic mass is 9.85. The van der Waals surface area contributed by atoms with Crippen molar-refractivity contribution in [3.8, 4) is 79.0 Å². The van der Waals surface area contributed by atoms with Gasteiger partial charge in [-0.05, 0) is 162 Å². The third-order valence-electron chi connectivity index (χ3n) is 15.3. The van der Waals surface area contributed by atoms with Crippen LogP contribution in [0.4, 0.5) is 0 Å². The van der Waals surface area contributed by atoms with Gasteiger partial charge in [0.25, 0.3) is 0 Å². The zero-order valence-electron chi connectivity index (χ0n) is 47.8. The van der Waals surface area contributed by atoms with Crippen LogP contribution in [-0.2, 0) is 10.8 Å². The van der Waals surface area contributed by atoms with Crippen molar-refractivity contribution in [3.05, 3.63) is 216 Å². The summed E-state index contributed by atoms with van der Waals surface area (Å²) in [4.78, 5) is 10.6. The second kappa shape index (κ2) is 21.0. The smallest absolute Gasteiger partial charge is 0.145 e. The van der Waals surface area contributed by atoms with E-state index in [2.05, 4.69) is 282 Å². The number of fused-ring (bicyclic) bond motifs is 1. The summed E-state index contributed by atoms with van der Waals surface area (Å²) in [6, 6.07) is 62.0. The molecular weight excluding hydrogens is 937 g/mol. The highest BCUT2D eigenvalue weighted by Crippen LogP contribution is 2.43. The maximum Gasteiger partial charge on any atom is 0.145 e. The van der Waals surface area contributed by atoms with E-state index >= 15 is 0 Å². The molecule has 10 aromatic rings. The highest BCUT2D eigenvalue weighted by molar-refractivity contribution is 5.85. The first-order valence-corrected chi connectivity index (χ1v) is 27.8. The van der Waals surface area contributed by atoms with Crippen LogP contribution in [-0.4, -0.2) is 19.1 Å². The molecule has 5 nitrogen and oxygen atoms in total. The Morgan fingerprint density at radius 2 is 0.831 bits per heavy atom. The molecule has 0 atom stereocenters. The Labute approximate surface area is 458 Å². The maximum absolute atomic E-state index is 7.21. The zero-order chi connectivity index (χ0) is 54.5. The van der Waals surface area contributed by atoms with E-state index in [4.69, 9.17) is 14.7 Å². The van der Waals surface area contributed by atoms with E-state index in [-0.39, 0.29) is 22.7 Å². The summed E-state index contributed by atoms with van der Waals surface area (Å²) in [6.07, 6.45) is 4.08. The Bertz CT molecular complexity index is 3670. The Morgan fingerprint density at radius 1 is 0.390 bits per heavy atom. The molecular formula is C72H76N4O. The first-order valence-electron chi connectivity index (χ1n) is 27.8. The number of ether oxygens (including phenoxy) is 1. The van der Waals surface area contributed by atoms with Crippen LogP contribution < -0.4 is 4.74 Å². The molecule has 2 heterocycles. The lowest BCUT2D eigenvalue weighted by Gasteiger charge is -2.25. The third kappa shape index (κ3) is 10.7. The van der Waals surface area contributed by atoms with Gasteiger partial charge in [-0.3, -0.25) is 9.13 Å². The third-order valence-corrected chi connectivity index (χ3v) is 15.3. The van der Waals surface area contributed by atoms with Gasteiger partial charge in [0.2, 0.25) is 0 Å². The van der Waals surface area contributed by atoms with E-state index in [1.54, 1.807) is 0 Å². The quantitative estimate of drug-likeness (QED) is 0.116. The molecule has 0 amide bonds. The molecule has 5 heteroatoms.